The van der Waals surface area contributed by atoms with Crippen LogP contribution in [0, 0.1) is 0 Å². The van der Waals surface area contributed by atoms with Gasteiger partial charge in [0, 0.05) is 0 Å². The van der Waals surface area contributed by atoms with Gasteiger partial charge in [0.15, 0.2) is 5.13 Å². The van der Waals surface area contributed by atoms with Crippen LogP contribution < -0.4 is 10.1 Å². The molecule has 2 aromatic heterocycles. The maximum absolute atomic E-state index is 12.3. The van der Waals surface area contributed by atoms with Crippen molar-refractivity contribution < 1.29 is 9.53 Å². The summed E-state index contributed by atoms with van der Waals surface area (Å²) in [5, 5.41) is 11.4. The normalized spacial score (nSPS) is 11.0. The van der Waals surface area contributed by atoms with Gasteiger partial charge in [-0.3, -0.25) is 4.79 Å². The summed E-state index contributed by atoms with van der Waals surface area (Å²) < 4.78 is 7.81. The van der Waals surface area contributed by atoms with Crippen molar-refractivity contribution in [3.63, 3.8) is 0 Å². The van der Waals surface area contributed by atoms with Gasteiger partial charge in [0.05, 0.1) is 17.3 Å². The summed E-state index contributed by atoms with van der Waals surface area (Å²) >= 11 is 1.40. The van der Waals surface area contributed by atoms with Crippen molar-refractivity contribution in [3.8, 4) is 5.75 Å². The van der Waals surface area contributed by atoms with Gasteiger partial charge in [-0.1, -0.05) is 34.7 Å². The van der Waals surface area contributed by atoms with E-state index in [0.717, 1.165) is 21.3 Å². The van der Waals surface area contributed by atoms with E-state index < -0.39 is 0 Å². The average molecular weight is 339 g/mol. The van der Waals surface area contributed by atoms with Crippen LogP contribution in [0.3, 0.4) is 0 Å². The van der Waals surface area contributed by atoms with E-state index >= 15 is 0 Å². The van der Waals surface area contributed by atoms with Crippen molar-refractivity contribution in [1.82, 2.24) is 20.0 Å². The van der Waals surface area contributed by atoms with Crippen LogP contribution in [-0.4, -0.2) is 33.0 Å². The number of hydrogen-bond acceptors (Lipinski definition) is 6. The van der Waals surface area contributed by atoms with Gasteiger partial charge in [0.1, 0.15) is 23.3 Å². The predicted molar refractivity (Wildman–Crippen MR) is 92.3 cm³/mol. The number of fused-ring (bicyclic) bond motifs is 2. The van der Waals surface area contributed by atoms with Crippen LogP contribution in [0.5, 0.6) is 5.75 Å². The molecule has 120 valence electrons. The Balaban J connectivity index is 1.56. The van der Waals surface area contributed by atoms with E-state index in [9.17, 15) is 4.79 Å². The van der Waals surface area contributed by atoms with Gasteiger partial charge < -0.3 is 10.1 Å². The Morgan fingerprint density at radius 3 is 3.00 bits per heavy atom. The molecule has 8 heteroatoms. The highest BCUT2D eigenvalue weighted by atomic mass is 32.1. The molecule has 7 nitrogen and oxygen atoms in total. The predicted octanol–water partition coefficient (Wildman–Crippen LogP) is 2.69. The van der Waals surface area contributed by atoms with Gasteiger partial charge in [-0.2, -0.15) is 0 Å². The fraction of sp³-hybridized carbons (Fsp3) is 0.125. The second-order valence-electron chi connectivity index (χ2n) is 5.11. The molecule has 0 saturated carbocycles. The van der Waals surface area contributed by atoms with Crippen LogP contribution in [0.1, 0.15) is 0 Å². The van der Waals surface area contributed by atoms with Gasteiger partial charge in [0.2, 0.25) is 5.91 Å². The Hall–Kier alpha value is -3.00. The molecule has 24 heavy (non-hydrogen) atoms. The lowest BCUT2D eigenvalue weighted by molar-refractivity contribution is -0.116. The average Bonchev–Trinajstić information content (AvgIpc) is 3.18. The summed E-state index contributed by atoms with van der Waals surface area (Å²) in [5.74, 6) is 0.482. The second-order valence-corrected chi connectivity index (χ2v) is 6.14. The number of carbonyl (C=O) groups excluding carboxylic acids is 1. The molecule has 2 aromatic carbocycles. The first-order valence-electron chi connectivity index (χ1n) is 7.26. The monoisotopic (exact) mass is 339 g/mol. The van der Waals surface area contributed by atoms with Crippen LogP contribution >= 0.6 is 11.3 Å². The molecule has 1 amide bonds. The standard InChI is InChI=1S/C16H13N5O2S/c1-23-12-7-4-8-13-15(12)18-16(24-13)17-14(22)9-21-11-6-3-2-5-10(11)19-20-21/h2-8H,9H2,1H3,(H,17,18,22). The Bertz CT molecular complexity index is 1040. The molecule has 0 aliphatic carbocycles. The van der Waals surface area contributed by atoms with E-state index in [1.54, 1.807) is 11.8 Å². The maximum Gasteiger partial charge on any atom is 0.247 e. The van der Waals surface area contributed by atoms with Crippen molar-refractivity contribution in [3.05, 3.63) is 42.5 Å². The molecule has 1 N–H and O–H groups in total. The Morgan fingerprint density at radius 1 is 1.25 bits per heavy atom. The van der Waals surface area contributed by atoms with E-state index in [0.29, 0.717) is 10.9 Å². The third-order valence-electron chi connectivity index (χ3n) is 3.56. The number of nitrogens with one attached hydrogen (secondary N) is 1. The lowest BCUT2D eigenvalue weighted by Crippen LogP contribution is -2.19. The van der Waals surface area contributed by atoms with Gasteiger partial charge in [0.25, 0.3) is 0 Å². The quantitative estimate of drug-likeness (QED) is 0.618. The number of anilines is 1. The molecule has 0 aliphatic rings. The van der Waals surface area contributed by atoms with Crippen LogP contribution in [-0.2, 0) is 11.3 Å². The van der Waals surface area contributed by atoms with Gasteiger partial charge in [-0.05, 0) is 24.3 Å². The number of thiazole rings is 1. The zero-order chi connectivity index (χ0) is 16.5. The molecule has 4 rings (SSSR count). The number of rotatable bonds is 4. The smallest absolute Gasteiger partial charge is 0.247 e. The fourth-order valence-electron chi connectivity index (χ4n) is 2.47. The molecule has 0 spiro atoms. The summed E-state index contributed by atoms with van der Waals surface area (Å²) in [6.45, 7) is 0.0770. The lowest BCUT2D eigenvalue weighted by atomic mass is 10.3. The number of nitrogens with zero attached hydrogens (tertiary/aromatic N) is 4. The first-order valence-corrected chi connectivity index (χ1v) is 8.08. The summed E-state index contributed by atoms with van der Waals surface area (Å²) in [7, 11) is 1.60. The molecule has 2 heterocycles. The number of benzene rings is 2. The van der Waals surface area contributed by atoms with Gasteiger partial charge >= 0.3 is 0 Å². The highest BCUT2D eigenvalue weighted by Crippen LogP contribution is 2.32. The fourth-order valence-corrected chi connectivity index (χ4v) is 3.37. The van der Waals surface area contributed by atoms with Crippen LogP contribution in [0.2, 0.25) is 0 Å². The molecule has 0 radical (unpaired) electrons. The van der Waals surface area contributed by atoms with Gasteiger partial charge in [-0.25, -0.2) is 9.67 Å². The first kappa shape index (κ1) is 14.6. The van der Waals surface area contributed by atoms with E-state index in [-0.39, 0.29) is 12.5 Å². The molecule has 0 aliphatic heterocycles. The highest BCUT2D eigenvalue weighted by molar-refractivity contribution is 7.22. The van der Waals surface area contributed by atoms with E-state index in [1.807, 2.05) is 42.5 Å². The number of aromatic nitrogens is 4. The maximum atomic E-state index is 12.3. The third-order valence-corrected chi connectivity index (χ3v) is 4.50. The molecule has 4 aromatic rings. The molecule has 0 fully saturated rings. The minimum absolute atomic E-state index is 0.0770. The Labute approximate surface area is 140 Å². The zero-order valence-corrected chi connectivity index (χ0v) is 13.6. The van der Waals surface area contributed by atoms with Crippen molar-refractivity contribution in [2.45, 2.75) is 6.54 Å². The largest absolute Gasteiger partial charge is 0.494 e. The van der Waals surface area contributed by atoms with Crippen LogP contribution in [0.15, 0.2) is 42.5 Å². The van der Waals surface area contributed by atoms with Crippen molar-refractivity contribution in [2.24, 2.45) is 0 Å². The number of carbonyl (C=O) groups is 1. The molecule has 0 unspecified atom stereocenters. The number of methoxy groups -OCH3 is 1. The number of ether oxygens (including phenoxy) is 1. The SMILES string of the molecule is COc1cccc2sc(NC(=O)Cn3nnc4ccccc43)nc12. The molecule has 0 atom stereocenters. The van der Waals surface area contributed by atoms with Crippen LogP contribution in [0.25, 0.3) is 21.3 Å². The minimum Gasteiger partial charge on any atom is -0.494 e. The summed E-state index contributed by atoms with van der Waals surface area (Å²) in [6.07, 6.45) is 0. The highest BCUT2D eigenvalue weighted by Gasteiger charge is 2.13. The Kier molecular flexibility index (Phi) is 3.58. The molecular formula is C16H13N5O2S. The van der Waals surface area contributed by atoms with E-state index in [1.165, 1.54) is 11.3 Å². The second kappa shape index (κ2) is 5.89. The van der Waals surface area contributed by atoms with E-state index in [4.69, 9.17) is 4.74 Å². The minimum atomic E-state index is -0.205. The number of para-hydroxylation sites is 2. The zero-order valence-electron chi connectivity index (χ0n) is 12.8. The van der Waals surface area contributed by atoms with E-state index in [2.05, 4.69) is 20.6 Å². The number of amides is 1. The lowest BCUT2D eigenvalue weighted by Gasteiger charge is -2.02. The molecule has 0 bridgehead atoms. The van der Waals surface area contributed by atoms with Crippen molar-refractivity contribution in [2.75, 3.05) is 12.4 Å². The number of hydrogen-bond donors (Lipinski definition) is 1. The van der Waals surface area contributed by atoms with Crippen molar-refractivity contribution in [1.29, 1.82) is 0 Å². The Morgan fingerprint density at radius 2 is 2.12 bits per heavy atom. The van der Waals surface area contributed by atoms with Crippen molar-refractivity contribution >= 4 is 43.6 Å². The third kappa shape index (κ3) is 2.56. The first-order chi connectivity index (χ1) is 11.7. The topological polar surface area (TPSA) is 81.9 Å². The summed E-state index contributed by atoms with van der Waals surface area (Å²) in [5.41, 5.74) is 2.32. The summed E-state index contributed by atoms with van der Waals surface area (Å²) in [4.78, 5) is 16.7. The van der Waals surface area contributed by atoms with Gasteiger partial charge in [-0.15, -0.1) is 5.10 Å². The van der Waals surface area contributed by atoms with Crippen LogP contribution in [0.4, 0.5) is 5.13 Å². The summed E-state index contributed by atoms with van der Waals surface area (Å²) in [6, 6.07) is 13.2. The molecular weight excluding hydrogens is 326 g/mol. The molecule has 0 saturated heterocycles.